The molecule has 0 aliphatic rings. The van der Waals surface area contributed by atoms with Crippen LogP contribution < -0.4 is 10.6 Å². The molecule has 0 heterocycles. The van der Waals surface area contributed by atoms with Crippen LogP contribution in [0.4, 0.5) is 5.69 Å². The number of amides is 1. The summed E-state index contributed by atoms with van der Waals surface area (Å²) in [5, 5.41) is 14.1. The van der Waals surface area contributed by atoms with Gasteiger partial charge in [-0.2, -0.15) is 5.26 Å². The number of rotatable bonds is 5. The second kappa shape index (κ2) is 7.02. The number of hydrogen-bond acceptors (Lipinski definition) is 3. The fraction of sp³-hybridized carbons (Fsp3) is 0.385. The molecule has 1 amide bonds. The molecule has 0 radical (unpaired) electrons. The molecule has 96 valence electrons. The molecular formula is C13H16BrN3O. The first-order valence-electron chi connectivity index (χ1n) is 5.69. The monoisotopic (exact) mass is 309 g/mol. The van der Waals surface area contributed by atoms with Gasteiger partial charge >= 0.3 is 0 Å². The maximum atomic E-state index is 11.5. The summed E-state index contributed by atoms with van der Waals surface area (Å²) < 4.78 is 0.949. The van der Waals surface area contributed by atoms with Gasteiger partial charge in [-0.3, -0.25) is 4.79 Å². The Balaban J connectivity index is 2.54. The SMILES string of the molecule is Cc1cc(C)c(NCC(=O)NCCC#N)c(Br)c1. The lowest BCUT2D eigenvalue weighted by atomic mass is 10.1. The third kappa shape index (κ3) is 4.38. The van der Waals surface area contributed by atoms with Crippen molar-refractivity contribution in [2.45, 2.75) is 20.3 Å². The summed E-state index contributed by atoms with van der Waals surface area (Å²) in [7, 11) is 0. The number of hydrogen-bond donors (Lipinski definition) is 2. The van der Waals surface area contributed by atoms with Crippen molar-refractivity contribution < 1.29 is 4.79 Å². The van der Waals surface area contributed by atoms with Crippen molar-refractivity contribution in [1.29, 1.82) is 5.26 Å². The van der Waals surface area contributed by atoms with Crippen LogP contribution in [0.1, 0.15) is 17.5 Å². The van der Waals surface area contributed by atoms with Crippen LogP contribution in [0.3, 0.4) is 0 Å². The molecule has 0 fully saturated rings. The van der Waals surface area contributed by atoms with Gasteiger partial charge in [0.15, 0.2) is 0 Å². The fourth-order valence-corrected chi connectivity index (χ4v) is 2.44. The smallest absolute Gasteiger partial charge is 0.239 e. The van der Waals surface area contributed by atoms with Crippen LogP contribution in [0, 0.1) is 25.2 Å². The number of carbonyl (C=O) groups is 1. The number of nitriles is 1. The molecule has 18 heavy (non-hydrogen) atoms. The third-order valence-corrected chi connectivity index (χ3v) is 3.04. The zero-order valence-electron chi connectivity index (χ0n) is 10.5. The second-order valence-corrected chi connectivity index (χ2v) is 4.90. The number of benzene rings is 1. The van der Waals surface area contributed by atoms with Crippen LogP contribution in [0.5, 0.6) is 0 Å². The number of halogens is 1. The van der Waals surface area contributed by atoms with Gasteiger partial charge in [-0.15, -0.1) is 0 Å². The highest BCUT2D eigenvalue weighted by molar-refractivity contribution is 9.10. The van der Waals surface area contributed by atoms with Gasteiger partial charge in [0.05, 0.1) is 24.7 Å². The molecule has 0 unspecified atom stereocenters. The van der Waals surface area contributed by atoms with Crippen molar-refractivity contribution >= 4 is 27.5 Å². The first-order chi connectivity index (χ1) is 8.54. The van der Waals surface area contributed by atoms with Gasteiger partial charge in [0.25, 0.3) is 0 Å². The molecule has 1 aromatic rings. The number of anilines is 1. The average Bonchev–Trinajstić information content (AvgIpc) is 2.27. The molecule has 2 N–H and O–H groups in total. The van der Waals surface area contributed by atoms with Crippen LogP contribution in [0.2, 0.25) is 0 Å². The van der Waals surface area contributed by atoms with E-state index in [0.29, 0.717) is 13.0 Å². The minimum atomic E-state index is -0.114. The molecule has 5 heteroatoms. The lowest BCUT2D eigenvalue weighted by Gasteiger charge is -2.12. The first kappa shape index (κ1) is 14.5. The van der Waals surface area contributed by atoms with Gasteiger partial charge in [-0.05, 0) is 47.0 Å². The highest BCUT2D eigenvalue weighted by Gasteiger charge is 2.06. The maximum Gasteiger partial charge on any atom is 0.239 e. The molecule has 0 aliphatic carbocycles. The first-order valence-corrected chi connectivity index (χ1v) is 6.48. The Kier molecular flexibility index (Phi) is 5.66. The predicted octanol–water partition coefficient (Wildman–Crippen LogP) is 2.51. The molecule has 1 rings (SSSR count). The topological polar surface area (TPSA) is 64.9 Å². The maximum absolute atomic E-state index is 11.5. The summed E-state index contributed by atoms with van der Waals surface area (Å²) in [6, 6.07) is 6.04. The van der Waals surface area contributed by atoms with Gasteiger partial charge in [0, 0.05) is 11.0 Å². The highest BCUT2D eigenvalue weighted by atomic mass is 79.9. The Labute approximate surface area is 116 Å². The molecular weight excluding hydrogens is 294 g/mol. The Bertz CT molecular complexity index is 457. The normalized spacial score (nSPS) is 9.67. The van der Waals surface area contributed by atoms with Crippen molar-refractivity contribution in [2.24, 2.45) is 0 Å². The molecule has 0 aromatic heterocycles. The van der Waals surface area contributed by atoms with E-state index < -0.39 is 0 Å². The van der Waals surface area contributed by atoms with Crippen molar-refractivity contribution in [3.8, 4) is 6.07 Å². The standard InChI is InChI=1S/C13H16BrN3O/c1-9-6-10(2)13(11(14)7-9)17-8-12(18)16-5-3-4-15/h6-7,17H,3,5,8H2,1-2H3,(H,16,18). The van der Waals surface area contributed by atoms with Gasteiger partial charge in [-0.25, -0.2) is 0 Å². The number of nitrogens with zero attached hydrogens (tertiary/aromatic N) is 1. The molecule has 0 aliphatic heterocycles. The summed E-state index contributed by atoms with van der Waals surface area (Å²) >= 11 is 3.47. The van der Waals surface area contributed by atoms with Gasteiger partial charge in [0.1, 0.15) is 0 Å². The van der Waals surface area contributed by atoms with E-state index in [1.165, 1.54) is 5.56 Å². The van der Waals surface area contributed by atoms with Gasteiger partial charge < -0.3 is 10.6 Å². The number of nitrogens with one attached hydrogen (secondary N) is 2. The Morgan fingerprint density at radius 2 is 2.17 bits per heavy atom. The van der Waals surface area contributed by atoms with Gasteiger partial charge in [-0.1, -0.05) is 6.07 Å². The predicted molar refractivity (Wildman–Crippen MR) is 75.3 cm³/mol. The van der Waals surface area contributed by atoms with E-state index in [1.807, 2.05) is 26.0 Å². The summed E-state index contributed by atoms with van der Waals surface area (Å²) in [6.07, 6.45) is 0.332. The third-order valence-electron chi connectivity index (χ3n) is 2.42. The second-order valence-electron chi connectivity index (χ2n) is 4.05. The number of carbonyl (C=O) groups excluding carboxylic acids is 1. The van der Waals surface area contributed by atoms with Gasteiger partial charge in [0.2, 0.25) is 5.91 Å². The summed E-state index contributed by atoms with van der Waals surface area (Å²) in [4.78, 5) is 11.5. The molecule has 0 spiro atoms. The summed E-state index contributed by atoms with van der Waals surface area (Å²) in [5.41, 5.74) is 3.19. The lowest BCUT2D eigenvalue weighted by molar-refractivity contribution is -0.119. The van der Waals surface area contributed by atoms with Crippen molar-refractivity contribution in [2.75, 3.05) is 18.4 Å². The lowest BCUT2D eigenvalue weighted by Crippen LogP contribution is -2.30. The van der Waals surface area contributed by atoms with E-state index in [0.717, 1.165) is 15.7 Å². The van der Waals surface area contributed by atoms with Crippen LogP contribution in [0.25, 0.3) is 0 Å². The molecule has 4 nitrogen and oxygen atoms in total. The van der Waals surface area contributed by atoms with Crippen molar-refractivity contribution in [3.63, 3.8) is 0 Å². The summed E-state index contributed by atoms with van der Waals surface area (Å²) in [5.74, 6) is -0.114. The van der Waals surface area contributed by atoms with E-state index in [4.69, 9.17) is 5.26 Å². The highest BCUT2D eigenvalue weighted by Crippen LogP contribution is 2.27. The van der Waals surface area contributed by atoms with E-state index in [9.17, 15) is 4.79 Å². The summed E-state index contributed by atoms with van der Waals surface area (Å²) in [6.45, 7) is 4.61. The number of aryl methyl sites for hydroxylation is 2. The molecule has 0 atom stereocenters. The minimum absolute atomic E-state index is 0.114. The molecule has 0 saturated heterocycles. The van der Waals surface area contributed by atoms with E-state index in [2.05, 4.69) is 32.6 Å². The van der Waals surface area contributed by atoms with Crippen molar-refractivity contribution in [3.05, 3.63) is 27.7 Å². The zero-order chi connectivity index (χ0) is 13.5. The quantitative estimate of drug-likeness (QED) is 0.821. The molecule has 1 aromatic carbocycles. The largest absolute Gasteiger partial charge is 0.375 e. The molecule has 0 saturated carbocycles. The fourth-order valence-electron chi connectivity index (χ4n) is 1.63. The molecule has 0 bridgehead atoms. The Hall–Kier alpha value is -1.54. The van der Waals surface area contributed by atoms with Crippen LogP contribution in [-0.4, -0.2) is 19.0 Å². The van der Waals surface area contributed by atoms with E-state index in [-0.39, 0.29) is 12.5 Å². The van der Waals surface area contributed by atoms with E-state index >= 15 is 0 Å². The Morgan fingerprint density at radius 1 is 1.44 bits per heavy atom. The average molecular weight is 310 g/mol. The van der Waals surface area contributed by atoms with Crippen LogP contribution >= 0.6 is 15.9 Å². The minimum Gasteiger partial charge on any atom is -0.375 e. The van der Waals surface area contributed by atoms with E-state index in [1.54, 1.807) is 0 Å². The van der Waals surface area contributed by atoms with Crippen LogP contribution in [-0.2, 0) is 4.79 Å². The zero-order valence-corrected chi connectivity index (χ0v) is 12.1. The Morgan fingerprint density at radius 3 is 2.78 bits per heavy atom. The van der Waals surface area contributed by atoms with Crippen LogP contribution in [0.15, 0.2) is 16.6 Å². The van der Waals surface area contributed by atoms with Crippen molar-refractivity contribution in [1.82, 2.24) is 5.32 Å².